The molecule has 0 fully saturated rings. The van der Waals surface area contributed by atoms with Crippen LogP contribution in [0, 0.1) is 11.3 Å². The van der Waals surface area contributed by atoms with Gasteiger partial charge in [-0.2, -0.15) is 5.26 Å². The second-order valence-corrected chi connectivity index (χ2v) is 4.52. The van der Waals surface area contributed by atoms with E-state index in [-0.39, 0.29) is 0 Å². The van der Waals surface area contributed by atoms with E-state index in [1.165, 1.54) is 41.5 Å². The SMILES string of the molecule is N#Cc1c(N)c2c(c3c1CCC3)CCC2. The van der Waals surface area contributed by atoms with Gasteiger partial charge in [0.05, 0.1) is 11.3 Å². The summed E-state index contributed by atoms with van der Waals surface area (Å²) in [6, 6.07) is 2.30. The number of anilines is 1. The third-order valence-electron chi connectivity index (χ3n) is 3.81. The molecule has 2 aliphatic carbocycles. The summed E-state index contributed by atoms with van der Waals surface area (Å²) in [6.07, 6.45) is 6.86. The number of hydrogen-bond acceptors (Lipinski definition) is 2. The fourth-order valence-corrected chi connectivity index (χ4v) is 3.17. The van der Waals surface area contributed by atoms with Gasteiger partial charge in [0.25, 0.3) is 0 Å². The van der Waals surface area contributed by atoms with Crippen LogP contribution < -0.4 is 5.73 Å². The third-order valence-corrected chi connectivity index (χ3v) is 3.81. The zero-order valence-corrected chi connectivity index (χ0v) is 8.77. The molecule has 0 heterocycles. The Labute approximate surface area is 89.7 Å². The molecule has 0 unspecified atom stereocenters. The number of nitrogens with zero attached hydrogens (tertiary/aromatic N) is 1. The first-order valence-electron chi connectivity index (χ1n) is 5.68. The number of nitrogen functional groups attached to an aromatic ring is 1. The Balaban J connectivity index is 2.37. The Hall–Kier alpha value is -1.49. The summed E-state index contributed by atoms with van der Waals surface area (Å²) in [5, 5.41) is 9.18. The first-order chi connectivity index (χ1) is 7.33. The molecule has 0 aliphatic heterocycles. The molecule has 15 heavy (non-hydrogen) atoms. The van der Waals surface area contributed by atoms with Crippen LogP contribution in [-0.2, 0) is 25.7 Å². The summed E-state index contributed by atoms with van der Waals surface area (Å²) >= 11 is 0. The Morgan fingerprint density at radius 1 is 0.867 bits per heavy atom. The van der Waals surface area contributed by atoms with Crippen LogP contribution >= 0.6 is 0 Å². The molecule has 0 saturated carbocycles. The van der Waals surface area contributed by atoms with Gasteiger partial charge >= 0.3 is 0 Å². The number of rotatable bonds is 0. The lowest BCUT2D eigenvalue weighted by Crippen LogP contribution is -2.03. The Morgan fingerprint density at radius 3 is 2.07 bits per heavy atom. The number of benzene rings is 1. The second kappa shape index (κ2) is 3.00. The molecular weight excluding hydrogens is 184 g/mol. The molecule has 3 rings (SSSR count). The van der Waals surface area contributed by atoms with Gasteiger partial charge in [0.1, 0.15) is 6.07 Å². The van der Waals surface area contributed by atoms with Gasteiger partial charge in [0, 0.05) is 0 Å². The maximum Gasteiger partial charge on any atom is 0.102 e. The maximum absolute atomic E-state index is 9.18. The lowest BCUT2D eigenvalue weighted by Gasteiger charge is -2.13. The van der Waals surface area contributed by atoms with E-state index in [9.17, 15) is 5.26 Å². The van der Waals surface area contributed by atoms with Crippen LogP contribution in [0.25, 0.3) is 0 Å². The average molecular weight is 198 g/mol. The van der Waals surface area contributed by atoms with Gasteiger partial charge in [-0.15, -0.1) is 0 Å². The molecule has 0 amide bonds. The highest BCUT2D eigenvalue weighted by Crippen LogP contribution is 2.39. The molecule has 0 spiro atoms. The Morgan fingerprint density at radius 2 is 1.40 bits per heavy atom. The summed E-state index contributed by atoms with van der Waals surface area (Å²) in [7, 11) is 0. The molecule has 0 atom stereocenters. The number of hydrogen-bond donors (Lipinski definition) is 1. The third kappa shape index (κ3) is 1.04. The second-order valence-electron chi connectivity index (χ2n) is 4.52. The summed E-state index contributed by atoms with van der Waals surface area (Å²) < 4.78 is 0. The van der Waals surface area contributed by atoms with Crippen LogP contribution in [0.1, 0.15) is 40.7 Å². The van der Waals surface area contributed by atoms with E-state index in [1.807, 2.05) is 0 Å². The summed E-state index contributed by atoms with van der Waals surface area (Å²) in [6.45, 7) is 0. The minimum absolute atomic E-state index is 0.781. The highest BCUT2D eigenvalue weighted by atomic mass is 14.6. The molecule has 2 nitrogen and oxygen atoms in total. The van der Waals surface area contributed by atoms with E-state index in [0.717, 1.165) is 30.5 Å². The summed E-state index contributed by atoms with van der Waals surface area (Å²) in [4.78, 5) is 0. The highest BCUT2D eigenvalue weighted by molar-refractivity contribution is 5.70. The van der Waals surface area contributed by atoms with Crippen molar-refractivity contribution in [1.82, 2.24) is 0 Å². The molecule has 0 bridgehead atoms. The van der Waals surface area contributed by atoms with Crippen molar-refractivity contribution in [3.63, 3.8) is 0 Å². The fourth-order valence-electron chi connectivity index (χ4n) is 3.17. The Kier molecular flexibility index (Phi) is 1.76. The van der Waals surface area contributed by atoms with Crippen LogP contribution in [0.3, 0.4) is 0 Å². The molecule has 0 radical (unpaired) electrons. The van der Waals surface area contributed by atoms with Crippen LogP contribution in [0.15, 0.2) is 0 Å². The van der Waals surface area contributed by atoms with Gasteiger partial charge in [-0.25, -0.2) is 0 Å². The van der Waals surface area contributed by atoms with Crippen molar-refractivity contribution in [3.8, 4) is 6.07 Å². The van der Waals surface area contributed by atoms with Crippen molar-refractivity contribution >= 4 is 5.69 Å². The number of fused-ring (bicyclic) bond motifs is 3. The Bertz CT molecular complexity index is 471. The average Bonchev–Trinajstić information content (AvgIpc) is 2.84. The van der Waals surface area contributed by atoms with E-state index in [0.29, 0.717) is 0 Å². The van der Waals surface area contributed by atoms with Gasteiger partial charge in [0.2, 0.25) is 0 Å². The van der Waals surface area contributed by atoms with E-state index in [2.05, 4.69) is 6.07 Å². The molecule has 76 valence electrons. The topological polar surface area (TPSA) is 49.8 Å². The molecule has 1 aromatic carbocycles. The highest BCUT2D eigenvalue weighted by Gasteiger charge is 2.27. The first kappa shape index (κ1) is 8.79. The summed E-state index contributed by atoms with van der Waals surface area (Å²) in [5.74, 6) is 0. The molecule has 2 aliphatic rings. The number of nitriles is 1. The van der Waals surface area contributed by atoms with Crippen molar-refractivity contribution < 1.29 is 0 Å². The molecular formula is C13H14N2. The number of nitrogens with two attached hydrogens (primary N) is 1. The van der Waals surface area contributed by atoms with Crippen molar-refractivity contribution in [3.05, 3.63) is 27.8 Å². The zero-order chi connectivity index (χ0) is 10.4. The van der Waals surface area contributed by atoms with E-state index >= 15 is 0 Å². The molecule has 0 aromatic heterocycles. The van der Waals surface area contributed by atoms with Crippen LogP contribution in [0.4, 0.5) is 5.69 Å². The van der Waals surface area contributed by atoms with Gasteiger partial charge in [0.15, 0.2) is 0 Å². The zero-order valence-electron chi connectivity index (χ0n) is 8.77. The smallest absolute Gasteiger partial charge is 0.102 e. The van der Waals surface area contributed by atoms with Crippen LogP contribution in [-0.4, -0.2) is 0 Å². The first-order valence-corrected chi connectivity index (χ1v) is 5.68. The van der Waals surface area contributed by atoms with Crippen molar-refractivity contribution in [2.24, 2.45) is 0 Å². The predicted molar refractivity (Wildman–Crippen MR) is 59.6 cm³/mol. The molecule has 2 N–H and O–H groups in total. The minimum atomic E-state index is 0.781. The quantitative estimate of drug-likeness (QED) is 0.649. The van der Waals surface area contributed by atoms with E-state index < -0.39 is 0 Å². The van der Waals surface area contributed by atoms with E-state index in [1.54, 1.807) is 0 Å². The van der Waals surface area contributed by atoms with Crippen LogP contribution in [0.5, 0.6) is 0 Å². The van der Waals surface area contributed by atoms with Gasteiger partial charge in [-0.3, -0.25) is 0 Å². The minimum Gasteiger partial charge on any atom is -0.397 e. The largest absolute Gasteiger partial charge is 0.397 e. The van der Waals surface area contributed by atoms with Gasteiger partial charge < -0.3 is 5.73 Å². The molecule has 1 aromatic rings. The van der Waals surface area contributed by atoms with Crippen LogP contribution in [0.2, 0.25) is 0 Å². The van der Waals surface area contributed by atoms with E-state index in [4.69, 9.17) is 5.73 Å². The lowest BCUT2D eigenvalue weighted by molar-refractivity contribution is 0.888. The van der Waals surface area contributed by atoms with Gasteiger partial charge in [-0.05, 0) is 60.8 Å². The van der Waals surface area contributed by atoms with Crippen molar-refractivity contribution in [1.29, 1.82) is 5.26 Å². The predicted octanol–water partition coefficient (Wildman–Crippen LogP) is 2.12. The summed E-state index contributed by atoms with van der Waals surface area (Å²) in [5.41, 5.74) is 13.2. The van der Waals surface area contributed by atoms with Gasteiger partial charge in [-0.1, -0.05) is 0 Å². The maximum atomic E-state index is 9.18. The van der Waals surface area contributed by atoms with Crippen molar-refractivity contribution in [2.75, 3.05) is 5.73 Å². The molecule has 2 heteroatoms. The lowest BCUT2D eigenvalue weighted by atomic mass is 9.93. The normalized spacial score (nSPS) is 17.3. The standard InChI is InChI=1S/C13H14N2/c14-7-12-10-5-1-3-8(10)9-4-2-6-11(9)13(12)15/h1-6,15H2. The monoisotopic (exact) mass is 198 g/mol. The van der Waals surface area contributed by atoms with Crippen molar-refractivity contribution in [2.45, 2.75) is 38.5 Å². The molecule has 0 saturated heterocycles. The fraction of sp³-hybridized carbons (Fsp3) is 0.462.